The maximum absolute atomic E-state index is 12.6. The van der Waals surface area contributed by atoms with Gasteiger partial charge >= 0.3 is 0 Å². The molecular formula is C17H20ClN3O3S. The van der Waals surface area contributed by atoms with Crippen LogP contribution < -0.4 is 10.9 Å². The Morgan fingerprint density at radius 2 is 2.32 bits per heavy atom. The van der Waals surface area contributed by atoms with Crippen molar-refractivity contribution in [1.29, 1.82) is 0 Å². The zero-order valence-electron chi connectivity index (χ0n) is 13.9. The average Bonchev–Trinajstić information content (AvgIpc) is 2.59. The Hall–Kier alpha value is -1.41. The van der Waals surface area contributed by atoms with Gasteiger partial charge in [0.1, 0.15) is 0 Å². The Labute approximate surface area is 154 Å². The van der Waals surface area contributed by atoms with Crippen molar-refractivity contribution in [3.05, 3.63) is 33.8 Å². The first-order valence-corrected chi connectivity index (χ1v) is 9.75. The number of Topliss-reactive ketones (excluding diaryl/α,β-unsaturated/α-hetero) is 1. The number of aliphatic hydroxyl groups is 1. The Bertz CT molecular complexity index is 855. The van der Waals surface area contributed by atoms with Gasteiger partial charge in [0.25, 0.3) is 5.56 Å². The average molecular weight is 382 g/mol. The minimum Gasteiger partial charge on any atom is -0.391 e. The normalized spacial score (nSPS) is 20.8. The monoisotopic (exact) mass is 381 g/mol. The van der Waals surface area contributed by atoms with E-state index < -0.39 is 6.10 Å². The van der Waals surface area contributed by atoms with E-state index in [9.17, 15) is 14.7 Å². The van der Waals surface area contributed by atoms with Gasteiger partial charge in [-0.1, -0.05) is 11.6 Å². The highest BCUT2D eigenvalue weighted by atomic mass is 35.5. The second-order valence-corrected chi connectivity index (χ2v) is 7.45. The highest BCUT2D eigenvalue weighted by Gasteiger charge is 2.25. The summed E-state index contributed by atoms with van der Waals surface area (Å²) in [6.45, 7) is 0.733. The maximum Gasteiger partial charge on any atom is 0.261 e. The Kier molecular flexibility index (Phi) is 5.78. The number of benzene rings is 1. The highest BCUT2D eigenvalue weighted by Crippen LogP contribution is 2.28. The van der Waals surface area contributed by atoms with Gasteiger partial charge in [0, 0.05) is 17.4 Å². The van der Waals surface area contributed by atoms with E-state index in [1.54, 1.807) is 12.1 Å². The molecule has 0 saturated carbocycles. The molecule has 0 bridgehead atoms. The first-order valence-electron chi connectivity index (χ1n) is 8.15. The number of carbonyl (C=O) groups is 1. The van der Waals surface area contributed by atoms with Gasteiger partial charge in [0.05, 0.1) is 34.9 Å². The zero-order chi connectivity index (χ0) is 18.0. The molecule has 25 heavy (non-hydrogen) atoms. The molecular weight excluding hydrogens is 362 g/mol. The fourth-order valence-electron chi connectivity index (χ4n) is 3.07. The summed E-state index contributed by atoms with van der Waals surface area (Å²) in [7, 11) is 0. The van der Waals surface area contributed by atoms with Gasteiger partial charge in [-0.05, 0) is 37.8 Å². The fourth-order valence-corrected chi connectivity index (χ4v) is 3.95. The van der Waals surface area contributed by atoms with Crippen LogP contribution in [0.15, 0.2) is 28.2 Å². The number of ketones is 1. The molecule has 8 heteroatoms. The number of hydrogen-bond donors (Lipinski definition) is 2. The number of nitrogens with one attached hydrogen (secondary N) is 1. The van der Waals surface area contributed by atoms with E-state index in [1.165, 1.54) is 22.7 Å². The van der Waals surface area contributed by atoms with Crippen molar-refractivity contribution in [2.45, 2.75) is 42.8 Å². The molecule has 2 heterocycles. The maximum atomic E-state index is 12.6. The van der Waals surface area contributed by atoms with Gasteiger partial charge in [-0.15, -0.1) is 11.8 Å². The van der Waals surface area contributed by atoms with Crippen LogP contribution in [0.3, 0.4) is 0 Å². The van der Waals surface area contributed by atoms with Crippen LogP contribution in [-0.2, 0) is 11.3 Å². The summed E-state index contributed by atoms with van der Waals surface area (Å²) in [6, 6.07) is 3.13. The first kappa shape index (κ1) is 18.4. The van der Waals surface area contributed by atoms with Crippen LogP contribution >= 0.6 is 23.4 Å². The number of fused-ring (bicyclic) bond motifs is 1. The van der Waals surface area contributed by atoms with Gasteiger partial charge in [-0.3, -0.25) is 14.2 Å². The minimum absolute atomic E-state index is 0.0609. The van der Waals surface area contributed by atoms with Crippen molar-refractivity contribution in [2.75, 3.05) is 12.8 Å². The summed E-state index contributed by atoms with van der Waals surface area (Å²) in [5.74, 6) is -0.117. The van der Waals surface area contributed by atoms with E-state index in [1.807, 2.05) is 6.26 Å². The number of nitrogens with zero attached hydrogens (tertiary/aromatic N) is 2. The van der Waals surface area contributed by atoms with Crippen molar-refractivity contribution < 1.29 is 9.90 Å². The molecule has 2 N–H and O–H groups in total. The molecule has 1 saturated heterocycles. The number of aromatic nitrogens is 2. The third kappa shape index (κ3) is 4.06. The Morgan fingerprint density at radius 3 is 3.04 bits per heavy atom. The van der Waals surface area contributed by atoms with Crippen LogP contribution in [0.1, 0.15) is 19.3 Å². The molecule has 1 aromatic heterocycles. The third-order valence-corrected chi connectivity index (χ3v) is 5.64. The number of thioether (sulfide) groups is 1. The van der Waals surface area contributed by atoms with Crippen LogP contribution in [0.25, 0.3) is 10.9 Å². The van der Waals surface area contributed by atoms with Gasteiger partial charge in [0.2, 0.25) is 0 Å². The second kappa shape index (κ2) is 7.86. The minimum atomic E-state index is -0.520. The predicted octanol–water partition coefficient (Wildman–Crippen LogP) is 1.84. The van der Waals surface area contributed by atoms with E-state index in [-0.39, 0.29) is 30.3 Å². The van der Waals surface area contributed by atoms with Crippen molar-refractivity contribution >= 4 is 40.0 Å². The molecule has 0 amide bonds. The number of aliphatic hydroxyl groups excluding tert-OH is 1. The van der Waals surface area contributed by atoms with Gasteiger partial charge in [-0.2, -0.15) is 0 Å². The van der Waals surface area contributed by atoms with E-state index in [0.29, 0.717) is 22.3 Å². The van der Waals surface area contributed by atoms with Crippen molar-refractivity contribution in [1.82, 2.24) is 14.9 Å². The lowest BCUT2D eigenvalue weighted by atomic mass is 9.97. The summed E-state index contributed by atoms with van der Waals surface area (Å²) < 4.78 is 1.30. The summed E-state index contributed by atoms with van der Waals surface area (Å²) in [6.07, 6.45) is 4.56. The van der Waals surface area contributed by atoms with E-state index in [4.69, 9.17) is 11.6 Å². The molecule has 1 aliphatic heterocycles. The van der Waals surface area contributed by atoms with E-state index in [2.05, 4.69) is 10.3 Å². The molecule has 3 rings (SSSR count). The van der Waals surface area contributed by atoms with E-state index >= 15 is 0 Å². The molecule has 2 aromatic rings. The first-order chi connectivity index (χ1) is 12.0. The van der Waals surface area contributed by atoms with Crippen LogP contribution in [0.4, 0.5) is 0 Å². The molecule has 0 spiro atoms. The number of rotatable bonds is 5. The van der Waals surface area contributed by atoms with Crippen LogP contribution in [0.2, 0.25) is 5.02 Å². The zero-order valence-corrected chi connectivity index (χ0v) is 15.4. The molecule has 2 atom stereocenters. The summed E-state index contributed by atoms with van der Waals surface area (Å²) in [5, 5.41) is 14.0. The smallest absolute Gasteiger partial charge is 0.261 e. The highest BCUT2D eigenvalue weighted by molar-refractivity contribution is 7.98. The lowest BCUT2D eigenvalue weighted by Gasteiger charge is -2.28. The number of halogens is 1. The number of hydrogen-bond acceptors (Lipinski definition) is 6. The molecule has 1 fully saturated rings. The summed E-state index contributed by atoms with van der Waals surface area (Å²) >= 11 is 7.66. The molecule has 134 valence electrons. The largest absolute Gasteiger partial charge is 0.391 e. The molecule has 0 radical (unpaired) electrons. The summed E-state index contributed by atoms with van der Waals surface area (Å²) in [5.41, 5.74) is 0.275. The SMILES string of the molecule is CSc1cc2ncn(CC(=O)C[C@H]3NCCC[C@@H]3O)c(=O)c2cc1Cl. The van der Waals surface area contributed by atoms with Gasteiger partial charge < -0.3 is 10.4 Å². The van der Waals surface area contributed by atoms with Gasteiger partial charge in [0.15, 0.2) is 5.78 Å². The molecule has 1 aromatic carbocycles. The third-order valence-electron chi connectivity index (χ3n) is 4.44. The topological polar surface area (TPSA) is 84.2 Å². The Morgan fingerprint density at radius 1 is 1.52 bits per heavy atom. The number of piperidine rings is 1. The standard InChI is InChI=1S/C17H20ClN3O3S/c1-25-16-7-13-11(6-12(16)18)17(24)21(9-20-13)8-10(22)5-14-15(23)3-2-4-19-14/h6-7,9,14-15,19,23H,2-5,8H2,1H3/t14-,15+/m1/s1. The van der Waals surface area contributed by atoms with Crippen LogP contribution in [0, 0.1) is 0 Å². The fraction of sp³-hybridized carbons (Fsp3) is 0.471. The Balaban J connectivity index is 1.80. The van der Waals surface area contributed by atoms with Crippen molar-refractivity contribution in [2.24, 2.45) is 0 Å². The number of carbonyl (C=O) groups excluding carboxylic acids is 1. The lowest BCUT2D eigenvalue weighted by Crippen LogP contribution is -2.46. The predicted molar refractivity (Wildman–Crippen MR) is 99.4 cm³/mol. The van der Waals surface area contributed by atoms with Crippen LogP contribution in [-0.4, -0.2) is 45.4 Å². The van der Waals surface area contributed by atoms with Gasteiger partial charge in [-0.25, -0.2) is 4.98 Å². The molecule has 0 aliphatic carbocycles. The van der Waals surface area contributed by atoms with Crippen LogP contribution in [0.5, 0.6) is 0 Å². The summed E-state index contributed by atoms with van der Waals surface area (Å²) in [4.78, 5) is 30.1. The lowest BCUT2D eigenvalue weighted by molar-refractivity contribution is -0.121. The van der Waals surface area contributed by atoms with E-state index in [0.717, 1.165) is 17.9 Å². The second-order valence-electron chi connectivity index (χ2n) is 6.19. The molecule has 0 unspecified atom stereocenters. The van der Waals surface area contributed by atoms with Crippen molar-refractivity contribution in [3.8, 4) is 0 Å². The quantitative estimate of drug-likeness (QED) is 0.769. The molecule has 1 aliphatic rings. The molecule has 6 nitrogen and oxygen atoms in total. The van der Waals surface area contributed by atoms with Crippen molar-refractivity contribution in [3.63, 3.8) is 0 Å².